The number of rotatable bonds is 6. The lowest BCUT2D eigenvalue weighted by Crippen LogP contribution is -1.85. The first-order chi connectivity index (χ1) is 18.1. The van der Waals surface area contributed by atoms with Gasteiger partial charge in [-0.05, 0) is 97.1 Å². The molecule has 9 heteroatoms. The molecule has 4 aromatic carbocycles. The van der Waals surface area contributed by atoms with Crippen molar-refractivity contribution in [3.63, 3.8) is 0 Å². The van der Waals surface area contributed by atoms with Crippen LogP contribution in [0.5, 0.6) is 11.5 Å². The Hall–Kier alpha value is -5.18. The van der Waals surface area contributed by atoms with Crippen LogP contribution in [0.4, 0.5) is 8.78 Å². The molecule has 0 spiro atoms. The van der Waals surface area contributed by atoms with Crippen molar-refractivity contribution in [2.75, 3.05) is 0 Å². The maximum absolute atomic E-state index is 13.1. The molecule has 6 aromatic rings. The van der Waals surface area contributed by atoms with Crippen LogP contribution in [0.15, 0.2) is 106 Å². The fraction of sp³-hybridized carbons (Fsp3) is 0. The van der Waals surface area contributed by atoms with E-state index in [4.69, 9.17) is 13.6 Å². The first-order valence-corrected chi connectivity index (χ1v) is 11.2. The predicted octanol–water partition coefficient (Wildman–Crippen LogP) is 7.19. The number of benzene rings is 4. The van der Waals surface area contributed by atoms with Crippen LogP contribution < -0.4 is 4.74 Å². The largest absolute Gasteiger partial charge is 0.457 e. The molecule has 0 N–H and O–H groups in total. The summed E-state index contributed by atoms with van der Waals surface area (Å²) >= 11 is 0. The van der Waals surface area contributed by atoms with Crippen LogP contribution in [-0.2, 0) is 0 Å². The van der Waals surface area contributed by atoms with Crippen molar-refractivity contribution in [3.8, 4) is 57.3 Å². The van der Waals surface area contributed by atoms with Crippen molar-refractivity contribution >= 4 is 0 Å². The SMILES string of the molecule is Fc1ccc(-c2nnc(-c3ccc(Oc4ccc(-c5nnc(-c6ccc(F)cc6)o5)cc4)cc3)o2)cc1. The quantitative estimate of drug-likeness (QED) is 0.242. The van der Waals surface area contributed by atoms with Gasteiger partial charge in [0.15, 0.2) is 0 Å². The number of hydrogen-bond donors (Lipinski definition) is 0. The molecule has 37 heavy (non-hydrogen) atoms. The summed E-state index contributed by atoms with van der Waals surface area (Å²) in [6.45, 7) is 0. The molecule has 6 rings (SSSR count). The van der Waals surface area contributed by atoms with Gasteiger partial charge >= 0.3 is 0 Å². The number of halogens is 2. The molecule has 0 saturated heterocycles. The van der Waals surface area contributed by atoms with Crippen molar-refractivity contribution in [1.29, 1.82) is 0 Å². The van der Waals surface area contributed by atoms with Gasteiger partial charge in [-0.3, -0.25) is 0 Å². The van der Waals surface area contributed by atoms with Gasteiger partial charge in [-0.1, -0.05) is 0 Å². The predicted molar refractivity (Wildman–Crippen MR) is 130 cm³/mol. The van der Waals surface area contributed by atoms with Crippen molar-refractivity contribution in [2.24, 2.45) is 0 Å². The van der Waals surface area contributed by atoms with Crippen LogP contribution in [0.2, 0.25) is 0 Å². The van der Waals surface area contributed by atoms with Crippen LogP contribution in [-0.4, -0.2) is 20.4 Å². The molecule has 0 saturated carbocycles. The van der Waals surface area contributed by atoms with Gasteiger partial charge in [0.25, 0.3) is 0 Å². The summed E-state index contributed by atoms with van der Waals surface area (Å²) in [6.07, 6.45) is 0. The lowest BCUT2D eigenvalue weighted by Gasteiger charge is -2.06. The Labute approximate surface area is 209 Å². The second kappa shape index (κ2) is 9.46. The molecule has 7 nitrogen and oxygen atoms in total. The number of ether oxygens (including phenoxy) is 1. The molecule has 0 bridgehead atoms. The number of hydrogen-bond acceptors (Lipinski definition) is 7. The Bertz CT molecular complexity index is 1520. The molecule has 0 unspecified atom stereocenters. The van der Waals surface area contributed by atoms with Gasteiger partial charge in [-0.25, -0.2) is 8.78 Å². The topological polar surface area (TPSA) is 87.1 Å². The highest BCUT2D eigenvalue weighted by atomic mass is 19.1. The lowest BCUT2D eigenvalue weighted by molar-refractivity contribution is 0.482. The standard InChI is InChI=1S/C28H16F2N4O3/c29-21-9-1-17(2-10-21)25-31-33-27(36-25)19-5-13-23(14-6-19)35-24-15-7-20(8-16-24)28-34-32-26(37-28)18-3-11-22(30)12-4-18/h1-16H. The Morgan fingerprint density at radius 2 is 0.676 bits per heavy atom. The zero-order valence-electron chi connectivity index (χ0n) is 19.0. The summed E-state index contributed by atoms with van der Waals surface area (Å²) in [7, 11) is 0. The Kier molecular flexibility index (Phi) is 5.70. The molecule has 2 aromatic heterocycles. The molecule has 0 amide bonds. The Morgan fingerprint density at radius 1 is 0.405 bits per heavy atom. The third-order valence-electron chi connectivity index (χ3n) is 5.47. The monoisotopic (exact) mass is 494 g/mol. The van der Waals surface area contributed by atoms with Gasteiger partial charge < -0.3 is 13.6 Å². The molecule has 0 fully saturated rings. The maximum Gasteiger partial charge on any atom is 0.248 e. The molecular weight excluding hydrogens is 478 g/mol. The second-order valence-electron chi connectivity index (χ2n) is 7.99. The van der Waals surface area contributed by atoms with Gasteiger partial charge in [0.2, 0.25) is 23.6 Å². The summed E-state index contributed by atoms with van der Waals surface area (Å²) in [6, 6.07) is 26.1. The van der Waals surface area contributed by atoms with Crippen LogP contribution in [0.25, 0.3) is 45.8 Å². The Balaban J connectivity index is 1.12. The van der Waals surface area contributed by atoms with E-state index in [1.807, 2.05) is 0 Å². The summed E-state index contributed by atoms with van der Waals surface area (Å²) in [5.41, 5.74) is 2.71. The minimum atomic E-state index is -0.334. The molecule has 0 aliphatic heterocycles. The summed E-state index contributed by atoms with van der Waals surface area (Å²) < 4.78 is 43.6. The van der Waals surface area contributed by atoms with Gasteiger partial charge in [0.1, 0.15) is 23.1 Å². The van der Waals surface area contributed by atoms with E-state index in [0.717, 1.165) is 11.1 Å². The average Bonchev–Trinajstić information content (AvgIpc) is 3.62. The molecule has 0 aliphatic rings. The highest BCUT2D eigenvalue weighted by molar-refractivity contribution is 5.60. The smallest absolute Gasteiger partial charge is 0.248 e. The van der Waals surface area contributed by atoms with Crippen molar-refractivity contribution in [1.82, 2.24) is 20.4 Å². The van der Waals surface area contributed by atoms with E-state index in [1.54, 1.807) is 72.8 Å². The van der Waals surface area contributed by atoms with E-state index in [0.29, 0.717) is 46.2 Å². The lowest BCUT2D eigenvalue weighted by atomic mass is 10.2. The molecule has 0 atom stereocenters. The van der Waals surface area contributed by atoms with Crippen molar-refractivity contribution in [2.45, 2.75) is 0 Å². The summed E-state index contributed by atoms with van der Waals surface area (Å²) in [5, 5.41) is 16.2. The van der Waals surface area contributed by atoms with E-state index in [9.17, 15) is 8.78 Å². The second-order valence-corrected chi connectivity index (χ2v) is 7.99. The van der Waals surface area contributed by atoms with Crippen molar-refractivity contribution in [3.05, 3.63) is 109 Å². The van der Waals surface area contributed by atoms with Crippen molar-refractivity contribution < 1.29 is 22.4 Å². The molecule has 180 valence electrons. The van der Waals surface area contributed by atoms with Crippen LogP contribution in [0, 0.1) is 11.6 Å². The van der Waals surface area contributed by atoms with Gasteiger partial charge in [-0.15, -0.1) is 20.4 Å². The first-order valence-electron chi connectivity index (χ1n) is 11.2. The van der Waals surface area contributed by atoms with Gasteiger partial charge in [0.05, 0.1) is 0 Å². The third kappa shape index (κ3) is 4.83. The first kappa shape index (κ1) is 22.3. The van der Waals surface area contributed by atoms with Crippen LogP contribution in [0.3, 0.4) is 0 Å². The van der Waals surface area contributed by atoms with E-state index in [2.05, 4.69) is 20.4 Å². The van der Waals surface area contributed by atoms with E-state index < -0.39 is 0 Å². The van der Waals surface area contributed by atoms with E-state index >= 15 is 0 Å². The van der Waals surface area contributed by atoms with E-state index in [-0.39, 0.29) is 11.6 Å². The highest BCUT2D eigenvalue weighted by Gasteiger charge is 2.13. The number of nitrogens with zero attached hydrogens (tertiary/aromatic N) is 4. The van der Waals surface area contributed by atoms with Gasteiger partial charge in [0, 0.05) is 22.3 Å². The van der Waals surface area contributed by atoms with Crippen LogP contribution >= 0.6 is 0 Å². The average molecular weight is 494 g/mol. The Morgan fingerprint density at radius 3 is 0.973 bits per heavy atom. The zero-order valence-corrected chi connectivity index (χ0v) is 19.0. The molecule has 0 aliphatic carbocycles. The van der Waals surface area contributed by atoms with E-state index in [1.165, 1.54) is 24.3 Å². The summed E-state index contributed by atoms with van der Waals surface area (Å²) in [4.78, 5) is 0. The molecule has 0 radical (unpaired) electrons. The third-order valence-corrected chi connectivity index (χ3v) is 5.47. The zero-order chi connectivity index (χ0) is 25.2. The normalized spacial score (nSPS) is 11.0. The fourth-order valence-electron chi connectivity index (χ4n) is 3.57. The maximum atomic E-state index is 13.1. The molecular formula is C28H16F2N4O3. The van der Waals surface area contributed by atoms with Crippen LogP contribution in [0.1, 0.15) is 0 Å². The minimum absolute atomic E-state index is 0.307. The molecule has 2 heterocycles. The highest BCUT2D eigenvalue weighted by Crippen LogP contribution is 2.30. The van der Waals surface area contributed by atoms with Gasteiger partial charge in [-0.2, -0.15) is 0 Å². The summed E-state index contributed by atoms with van der Waals surface area (Å²) in [5.74, 6) is 1.86. The minimum Gasteiger partial charge on any atom is -0.457 e. The number of aromatic nitrogens is 4. The fourth-order valence-corrected chi connectivity index (χ4v) is 3.57.